The van der Waals surface area contributed by atoms with Crippen LogP contribution in [0.25, 0.3) is 0 Å². The maximum absolute atomic E-state index is 12.3. The molecule has 1 aromatic rings. The van der Waals surface area contributed by atoms with Gasteiger partial charge in [-0.15, -0.1) is 0 Å². The average molecular weight is 260 g/mol. The van der Waals surface area contributed by atoms with Gasteiger partial charge in [0, 0.05) is 25.8 Å². The van der Waals surface area contributed by atoms with Crippen molar-refractivity contribution in [1.82, 2.24) is 14.8 Å². The first-order valence-electron chi connectivity index (χ1n) is 6.90. The zero-order valence-electron chi connectivity index (χ0n) is 11.2. The molecule has 2 bridgehead atoms. The molecule has 0 radical (unpaired) electrons. The van der Waals surface area contributed by atoms with Gasteiger partial charge in [0.2, 0.25) is 0 Å². The predicted octanol–water partition coefficient (Wildman–Crippen LogP) is 1.64. The lowest BCUT2D eigenvalue weighted by atomic mass is 9.83. The monoisotopic (exact) mass is 260 g/mol. The van der Waals surface area contributed by atoms with Crippen LogP contribution in [-0.4, -0.2) is 53.5 Å². The summed E-state index contributed by atoms with van der Waals surface area (Å²) in [6, 6.07) is 3.99. The van der Waals surface area contributed by atoms with E-state index in [-0.39, 0.29) is 6.03 Å². The number of carbonyl (C=O) groups excluding carboxylic acids is 1. The first kappa shape index (κ1) is 12.4. The molecule has 0 aromatic carbocycles. The number of nitrogens with zero attached hydrogens (tertiary/aromatic N) is 3. The second kappa shape index (κ2) is 5.17. The standard InChI is InChI=1S/C14H20N4O/c1-17(13-10-18-7-4-11(13)5-8-18)14(19)16-12-3-2-6-15-9-12/h2-3,6,9,11,13H,4-5,7-8,10H2,1H3,(H,16,19)/t13-/m0/s1. The SMILES string of the molecule is CN(C(=O)Nc1cccnc1)[C@H]1CN2CCC1CC2. The number of urea groups is 1. The molecule has 4 rings (SSSR count). The second-order valence-corrected chi connectivity index (χ2v) is 5.49. The highest BCUT2D eigenvalue weighted by Gasteiger charge is 2.37. The zero-order valence-corrected chi connectivity index (χ0v) is 11.2. The molecule has 1 atom stereocenters. The molecule has 4 heterocycles. The molecule has 19 heavy (non-hydrogen) atoms. The maximum Gasteiger partial charge on any atom is 0.321 e. The Morgan fingerprint density at radius 1 is 1.47 bits per heavy atom. The summed E-state index contributed by atoms with van der Waals surface area (Å²) in [6.07, 6.45) is 5.80. The van der Waals surface area contributed by atoms with Crippen LogP contribution in [0.3, 0.4) is 0 Å². The number of anilines is 1. The van der Waals surface area contributed by atoms with E-state index in [2.05, 4.69) is 15.2 Å². The van der Waals surface area contributed by atoms with Gasteiger partial charge in [-0.2, -0.15) is 0 Å². The number of fused-ring (bicyclic) bond motifs is 3. The lowest BCUT2D eigenvalue weighted by Gasteiger charge is -2.47. The van der Waals surface area contributed by atoms with Gasteiger partial charge >= 0.3 is 6.03 Å². The number of piperidine rings is 3. The summed E-state index contributed by atoms with van der Waals surface area (Å²) in [5, 5.41) is 2.90. The summed E-state index contributed by atoms with van der Waals surface area (Å²) in [5.74, 6) is 0.662. The number of hydrogen-bond acceptors (Lipinski definition) is 3. The van der Waals surface area contributed by atoms with Gasteiger partial charge in [-0.3, -0.25) is 4.98 Å². The molecule has 3 saturated heterocycles. The number of rotatable bonds is 2. The van der Waals surface area contributed by atoms with Crippen LogP contribution >= 0.6 is 0 Å². The van der Waals surface area contributed by atoms with Gasteiger partial charge in [0.05, 0.1) is 11.9 Å². The van der Waals surface area contributed by atoms with Crippen LogP contribution in [0, 0.1) is 5.92 Å². The normalized spacial score (nSPS) is 29.0. The number of amides is 2. The van der Waals surface area contributed by atoms with Crippen molar-refractivity contribution in [2.45, 2.75) is 18.9 Å². The predicted molar refractivity (Wildman–Crippen MR) is 74.0 cm³/mol. The van der Waals surface area contributed by atoms with Gasteiger partial charge in [-0.05, 0) is 44.0 Å². The Bertz CT molecular complexity index is 442. The topological polar surface area (TPSA) is 48.5 Å². The fraction of sp³-hybridized carbons (Fsp3) is 0.571. The Hall–Kier alpha value is -1.62. The number of likely N-dealkylation sites (N-methyl/N-ethyl adjacent to an activating group) is 1. The van der Waals surface area contributed by atoms with Crippen LogP contribution in [0.15, 0.2) is 24.5 Å². The number of hydrogen-bond donors (Lipinski definition) is 1. The minimum absolute atomic E-state index is 0.0354. The molecule has 0 saturated carbocycles. The number of carbonyl (C=O) groups is 1. The van der Waals surface area contributed by atoms with Crippen LogP contribution < -0.4 is 5.32 Å². The van der Waals surface area contributed by atoms with Gasteiger partial charge in [0.1, 0.15) is 0 Å². The fourth-order valence-corrected chi connectivity index (χ4v) is 3.17. The summed E-state index contributed by atoms with van der Waals surface area (Å²) in [4.78, 5) is 20.6. The van der Waals surface area contributed by atoms with Crippen molar-refractivity contribution in [2.24, 2.45) is 5.92 Å². The number of pyridine rings is 1. The highest BCUT2D eigenvalue weighted by Crippen LogP contribution is 2.30. The Morgan fingerprint density at radius 3 is 2.84 bits per heavy atom. The summed E-state index contributed by atoms with van der Waals surface area (Å²) >= 11 is 0. The van der Waals surface area contributed by atoms with Crippen LogP contribution in [-0.2, 0) is 0 Å². The van der Waals surface area contributed by atoms with Crippen LogP contribution in [0.5, 0.6) is 0 Å². The lowest BCUT2D eigenvalue weighted by molar-refractivity contribution is 0.0336. The molecule has 2 amide bonds. The third-order valence-electron chi connectivity index (χ3n) is 4.35. The van der Waals surface area contributed by atoms with E-state index in [9.17, 15) is 4.79 Å². The largest absolute Gasteiger partial charge is 0.323 e. The lowest BCUT2D eigenvalue weighted by Crippen LogP contribution is -2.58. The zero-order chi connectivity index (χ0) is 13.2. The minimum Gasteiger partial charge on any atom is -0.323 e. The van der Waals surface area contributed by atoms with Crippen molar-refractivity contribution in [3.05, 3.63) is 24.5 Å². The van der Waals surface area contributed by atoms with Crippen molar-refractivity contribution in [3.8, 4) is 0 Å². The molecular formula is C14H20N4O. The fourth-order valence-electron chi connectivity index (χ4n) is 3.17. The van der Waals surface area contributed by atoms with Crippen molar-refractivity contribution in [1.29, 1.82) is 0 Å². The van der Waals surface area contributed by atoms with E-state index in [1.54, 1.807) is 12.4 Å². The van der Waals surface area contributed by atoms with Crippen molar-refractivity contribution in [3.63, 3.8) is 0 Å². The van der Waals surface area contributed by atoms with Crippen molar-refractivity contribution in [2.75, 3.05) is 32.0 Å². The Kier molecular flexibility index (Phi) is 3.38. The van der Waals surface area contributed by atoms with E-state index in [4.69, 9.17) is 0 Å². The molecular weight excluding hydrogens is 240 g/mol. The summed E-state index contributed by atoms with van der Waals surface area (Å²) in [5.41, 5.74) is 0.751. The smallest absolute Gasteiger partial charge is 0.321 e. The third kappa shape index (κ3) is 2.56. The quantitative estimate of drug-likeness (QED) is 0.879. The number of aromatic nitrogens is 1. The Morgan fingerprint density at radius 2 is 2.26 bits per heavy atom. The molecule has 102 valence electrons. The third-order valence-corrected chi connectivity index (χ3v) is 4.35. The molecule has 0 unspecified atom stereocenters. The van der Waals surface area contributed by atoms with Crippen LogP contribution in [0.4, 0.5) is 10.5 Å². The van der Waals surface area contributed by atoms with E-state index in [0.717, 1.165) is 12.2 Å². The second-order valence-electron chi connectivity index (χ2n) is 5.49. The average Bonchev–Trinajstić information content (AvgIpc) is 2.48. The van der Waals surface area contributed by atoms with Gasteiger partial charge < -0.3 is 15.1 Å². The molecule has 3 aliphatic rings. The van der Waals surface area contributed by atoms with E-state index < -0.39 is 0 Å². The van der Waals surface area contributed by atoms with Gasteiger partial charge in [0.15, 0.2) is 0 Å². The van der Waals surface area contributed by atoms with Crippen LogP contribution in [0.2, 0.25) is 0 Å². The van der Waals surface area contributed by atoms with E-state index in [1.807, 2.05) is 24.1 Å². The molecule has 1 aromatic heterocycles. The van der Waals surface area contributed by atoms with E-state index in [1.165, 1.54) is 25.9 Å². The highest BCUT2D eigenvalue weighted by molar-refractivity contribution is 5.89. The molecule has 0 aliphatic carbocycles. The molecule has 5 nitrogen and oxygen atoms in total. The van der Waals surface area contributed by atoms with E-state index in [0.29, 0.717) is 12.0 Å². The molecule has 1 N–H and O–H groups in total. The Labute approximate surface area is 113 Å². The van der Waals surface area contributed by atoms with Gasteiger partial charge in [-0.1, -0.05) is 0 Å². The van der Waals surface area contributed by atoms with Gasteiger partial charge in [0.25, 0.3) is 0 Å². The Balaban J connectivity index is 1.63. The summed E-state index contributed by atoms with van der Waals surface area (Å²) in [6.45, 7) is 3.40. The van der Waals surface area contributed by atoms with Crippen molar-refractivity contribution >= 4 is 11.7 Å². The number of nitrogens with one attached hydrogen (secondary N) is 1. The molecule has 3 aliphatic heterocycles. The highest BCUT2D eigenvalue weighted by atomic mass is 16.2. The maximum atomic E-state index is 12.3. The van der Waals surface area contributed by atoms with Crippen LogP contribution in [0.1, 0.15) is 12.8 Å². The first-order valence-corrected chi connectivity index (χ1v) is 6.90. The van der Waals surface area contributed by atoms with Crippen molar-refractivity contribution < 1.29 is 4.79 Å². The molecule has 5 heteroatoms. The molecule has 3 fully saturated rings. The minimum atomic E-state index is -0.0354. The van der Waals surface area contributed by atoms with E-state index >= 15 is 0 Å². The molecule has 0 spiro atoms. The summed E-state index contributed by atoms with van der Waals surface area (Å²) in [7, 11) is 1.90. The summed E-state index contributed by atoms with van der Waals surface area (Å²) < 4.78 is 0. The van der Waals surface area contributed by atoms with Gasteiger partial charge in [-0.25, -0.2) is 4.79 Å². The first-order chi connectivity index (χ1) is 9.24.